The van der Waals surface area contributed by atoms with E-state index in [0.29, 0.717) is 0 Å². The van der Waals surface area contributed by atoms with E-state index in [1.807, 2.05) is 0 Å². The zero-order valence-corrected chi connectivity index (χ0v) is 10.4. The molecule has 0 aromatic rings. The molecule has 0 radical (unpaired) electrons. The first-order valence-electron chi connectivity index (χ1n) is 6.85. The molecule has 90 valence electrons. The van der Waals surface area contributed by atoms with Crippen LogP contribution in [0.25, 0.3) is 0 Å². The van der Waals surface area contributed by atoms with Gasteiger partial charge in [0, 0.05) is 0 Å². The zero-order chi connectivity index (χ0) is 10.8. The van der Waals surface area contributed by atoms with Crippen molar-refractivity contribution in [2.24, 2.45) is 5.92 Å². The van der Waals surface area contributed by atoms with Crippen molar-refractivity contribution in [3.05, 3.63) is 0 Å². The normalized spacial score (nSPS) is 21.0. The molecular formula is C13H28N2. The summed E-state index contributed by atoms with van der Waals surface area (Å²) < 4.78 is 0. The summed E-state index contributed by atoms with van der Waals surface area (Å²) in [7, 11) is 0. The molecule has 1 aliphatic heterocycles. The van der Waals surface area contributed by atoms with Crippen molar-refractivity contribution in [2.45, 2.75) is 51.9 Å². The summed E-state index contributed by atoms with van der Waals surface area (Å²) in [4.78, 5) is 0. The van der Waals surface area contributed by atoms with Gasteiger partial charge in [0.2, 0.25) is 0 Å². The summed E-state index contributed by atoms with van der Waals surface area (Å²) in [6.07, 6.45) is 9.78. The third-order valence-corrected chi connectivity index (χ3v) is 3.30. The predicted octanol–water partition coefficient (Wildman–Crippen LogP) is 2.55. The molecule has 0 aromatic heterocycles. The Hall–Kier alpha value is -0.0800. The molecule has 2 nitrogen and oxygen atoms in total. The van der Waals surface area contributed by atoms with Crippen molar-refractivity contribution in [3.63, 3.8) is 0 Å². The fraction of sp³-hybridized carbons (Fsp3) is 1.00. The molecule has 0 saturated carbocycles. The average molecular weight is 212 g/mol. The van der Waals surface area contributed by atoms with Gasteiger partial charge in [-0.05, 0) is 44.9 Å². The Morgan fingerprint density at radius 1 is 1.13 bits per heavy atom. The maximum Gasteiger partial charge on any atom is -0.000790 e. The molecule has 0 aliphatic carbocycles. The number of hydrogen-bond acceptors (Lipinski definition) is 2. The Bertz CT molecular complexity index is 130. The van der Waals surface area contributed by atoms with Crippen LogP contribution >= 0.6 is 0 Å². The topological polar surface area (TPSA) is 24.1 Å². The van der Waals surface area contributed by atoms with Gasteiger partial charge in [0.1, 0.15) is 0 Å². The maximum absolute atomic E-state index is 3.58. The molecule has 0 aromatic carbocycles. The van der Waals surface area contributed by atoms with E-state index in [4.69, 9.17) is 0 Å². The second kappa shape index (κ2) is 9.17. The van der Waals surface area contributed by atoms with Crippen LogP contribution in [-0.4, -0.2) is 26.2 Å². The SMILES string of the molecule is CCCCCCCCNCC1CCNC1. The average Bonchev–Trinajstić information content (AvgIpc) is 2.75. The van der Waals surface area contributed by atoms with Crippen molar-refractivity contribution >= 4 is 0 Å². The Morgan fingerprint density at radius 2 is 1.93 bits per heavy atom. The molecule has 0 spiro atoms. The van der Waals surface area contributed by atoms with Crippen molar-refractivity contribution in [1.82, 2.24) is 10.6 Å². The molecule has 1 aliphatic rings. The first-order chi connectivity index (χ1) is 7.43. The van der Waals surface area contributed by atoms with E-state index in [1.165, 1.54) is 71.1 Å². The highest BCUT2D eigenvalue weighted by atomic mass is 14.9. The minimum atomic E-state index is 0.894. The molecular weight excluding hydrogens is 184 g/mol. The third kappa shape index (κ3) is 6.91. The minimum absolute atomic E-state index is 0.894. The maximum atomic E-state index is 3.58. The van der Waals surface area contributed by atoms with E-state index >= 15 is 0 Å². The Kier molecular flexibility index (Phi) is 7.94. The lowest BCUT2D eigenvalue weighted by molar-refractivity contribution is 0.496. The standard InChI is InChI=1S/C13H28N2/c1-2-3-4-5-6-7-9-14-11-13-8-10-15-12-13/h13-15H,2-12H2,1H3. The lowest BCUT2D eigenvalue weighted by atomic mass is 10.1. The van der Waals surface area contributed by atoms with Crippen LogP contribution in [0.1, 0.15) is 51.9 Å². The van der Waals surface area contributed by atoms with Gasteiger partial charge in [0.15, 0.2) is 0 Å². The molecule has 1 rings (SSSR count). The Morgan fingerprint density at radius 3 is 2.67 bits per heavy atom. The predicted molar refractivity (Wildman–Crippen MR) is 67.2 cm³/mol. The van der Waals surface area contributed by atoms with Gasteiger partial charge < -0.3 is 10.6 Å². The van der Waals surface area contributed by atoms with Crippen LogP contribution in [0, 0.1) is 5.92 Å². The van der Waals surface area contributed by atoms with Crippen LogP contribution < -0.4 is 10.6 Å². The van der Waals surface area contributed by atoms with Gasteiger partial charge in [-0.1, -0.05) is 39.0 Å². The number of hydrogen-bond donors (Lipinski definition) is 2. The first kappa shape index (κ1) is 13.0. The molecule has 1 fully saturated rings. The zero-order valence-electron chi connectivity index (χ0n) is 10.4. The number of nitrogens with one attached hydrogen (secondary N) is 2. The summed E-state index contributed by atoms with van der Waals surface area (Å²) >= 11 is 0. The summed E-state index contributed by atoms with van der Waals surface area (Å²) in [5.74, 6) is 0.894. The lowest BCUT2D eigenvalue weighted by Crippen LogP contribution is -2.25. The van der Waals surface area contributed by atoms with Gasteiger partial charge in [-0.15, -0.1) is 0 Å². The molecule has 1 atom stereocenters. The molecule has 1 unspecified atom stereocenters. The van der Waals surface area contributed by atoms with Crippen LogP contribution in [-0.2, 0) is 0 Å². The van der Waals surface area contributed by atoms with E-state index < -0.39 is 0 Å². The monoisotopic (exact) mass is 212 g/mol. The van der Waals surface area contributed by atoms with Gasteiger partial charge in [-0.2, -0.15) is 0 Å². The van der Waals surface area contributed by atoms with Gasteiger partial charge in [-0.3, -0.25) is 0 Å². The van der Waals surface area contributed by atoms with Crippen molar-refractivity contribution in [1.29, 1.82) is 0 Å². The molecule has 2 N–H and O–H groups in total. The van der Waals surface area contributed by atoms with Crippen LogP contribution in [0.15, 0.2) is 0 Å². The van der Waals surface area contributed by atoms with Crippen LogP contribution in [0.4, 0.5) is 0 Å². The summed E-state index contributed by atoms with van der Waals surface area (Å²) in [5.41, 5.74) is 0. The quantitative estimate of drug-likeness (QED) is 0.574. The van der Waals surface area contributed by atoms with Gasteiger partial charge in [0.25, 0.3) is 0 Å². The van der Waals surface area contributed by atoms with E-state index in [9.17, 15) is 0 Å². The van der Waals surface area contributed by atoms with Crippen molar-refractivity contribution < 1.29 is 0 Å². The number of rotatable bonds is 9. The fourth-order valence-corrected chi connectivity index (χ4v) is 2.23. The Balaban J connectivity index is 1.73. The van der Waals surface area contributed by atoms with Crippen LogP contribution in [0.2, 0.25) is 0 Å². The third-order valence-electron chi connectivity index (χ3n) is 3.30. The highest BCUT2D eigenvalue weighted by molar-refractivity contribution is 4.72. The summed E-state index contributed by atoms with van der Waals surface area (Å²) in [6, 6.07) is 0. The highest BCUT2D eigenvalue weighted by Gasteiger charge is 2.12. The smallest absolute Gasteiger partial charge is 0.000790 e. The van der Waals surface area contributed by atoms with Crippen LogP contribution in [0.3, 0.4) is 0 Å². The number of unbranched alkanes of at least 4 members (excludes halogenated alkanes) is 5. The molecule has 1 saturated heterocycles. The van der Waals surface area contributed by atoms with E-state index in [0.717, 1.165) is 5.92 Å². The first-order valence-corrected chi connectivity index (χ1v) is 6.85. The second-order valence-corrected chi connectivity index (χ2v) is 4.83. The van der Waals surface area contributed by atoms with Crippen LogP contribution in [0.5, 0.6) is 0 Å². The summed E-state index contributed by atoms with van der Waals surface area (Å²) in [6.45, 7) is 7.18. The van der Waals surface area contributed by atoms with Gasteiger partial charge >= 0.3 is 0 Å². The van der Waals surface area contributed by atoms with Gasteiger partial charge in [0.05, 0.1) is 0 Å². The van der Waals surface area contributed by atoms with Gasteiger partial charge in [-0.25, -0.2) is 0 Å². The van der Waals surface area contributed by atoms with E-state index in [2.05, 4.69) is 17.6 Å². The summed E-state index contributed by atoms with van der Waals surface area (Å²) in [5, 5.41) is 6.99. The highest BCUT2D eigenvalue weighted by Crippen LogP contribution is 2.06. The lowest BCUT2D eigenvalue weighted by Gasteiger charge is -2.09. The van der Waals surface area contributed by atoms with Crippen molar-refractivity contribution in [2.75, 3.05) is 26.2 Å². The molecule has 1 heterocycles. The van der Waals surface area contributed by atoms with E-state index in [-0.39, 0.29) is 0 Å². The van der Waals surface area contributed by atoms with E-state index in [1.54, 1.807) is 0 Å². The van der Waals surface area contributed by atoms with Crippen molar-refractivity contribution in [3.8, 4) is 0 Å². The molecule has 2 heteroatoms. The molecule has 0 amide bonds. The molecule has 15 heavy (non-hydrogen) atoms. The fourth-order valence-electron chi connectivity index (χ4n) is 2.23. The largest absolute Gasteiger partial charge is 0.316 e. The Labute approximate surface area is 95.2 Å². The second-order valence-electron chi connectivity index (χ2n) is 4.83. The molecule has 0 bridgehead atoms. The minimum Gasteiger partial charge on any atom is -0.316 e.